The van der Waals surface area contributed by atoms with E-state index in [1.54, 1.807) is 6.92 Å². The van der Waals surface area contributed by atoms with E-state index in [1.807, 2.05) is 18.7 Å². The van der Waals surface area contributed by atoms with Crippen LogP contribution in [0, 0.1) is 0 Å². The van der Waals surface area contributed by atoms with E-state index in [2.05, 4.69) is 0 Å². The number of nitrogens with zero attached hydrogens (tertiary/aromatic N) is 1. The first-order valence-electron chi connectivity index (χ1n) is 4.63. The number of carboxylic acid groups (broad SMARTS) is 1. The predicted octanol–water partition coefficient (Wildman–Crippen LogP) is 0.569. The molecule has 3 atom stereocenters. The summed E-state index contributed by atoms with van der Waals surface area (Å²) in [5.41, 5.74) is 0. The second kappa shape index (κ2) is 4.07. The first kappa shape index (κ1) is 10.5. The van der Waals surface area contributed by atoms with Gasteiger partial charge in [0.2, 0.25) is 0 Å². The van der Waals surface area contributed by atoms with Crippen molar-refractivity contribution in [2.45, 2.75) is 39.0 Å². The van der Waals surface area contributed by atoms with Crippen molar-refractivity contribution < 1.29 is 14.6 Å². The molecule has 0 amide bonds. The Morgan fingerprint density at radius 1 is 1.46 bits per heavy atom. The number of aliphatic carboxylic acids is 1. The predicted molar refractivity (Wildman–Crippen MR) is 48.7 cm³/mol. The van der Waals surface area contributed by atoms with Crippen LogP contribution in [0.2, 0.25) is 0 Å². The average molecular weight is 187 g/mol. The Labute approximate surface area is 78.5 Å². The second-order valence-electron chi connectivity index (χ2n) is 3.73. The van der Waals surface area contributed by atoms with Crippen molar-refractivity contribution in [2.24, 2.45) is 0 Å². The van der Waals surface area contributed by atoms with Gasteiger partial charge in [0.25, 0.3) is 0 Å². The Kier molecular flexibility index (Phi) is 3.27. The fourth-order valence-electron chi connectivity index (χ4n) is 1.69. The molecule has 1 heterocycles. The van der Waals surface area contributed by atoms with Crippen molar-refractivity contribution >= 4 is 5.97 Å². The Morgan fingerprint density at radius 3 is 2.31 bits per heavy atom. The molecular weight excluding hydrogens is 170 g/mol. The van der Waals surface area contributed by atoms with E-state index < -0.39 is 12.0 Å². The number of carbonyl (C=O) groups is 1. The number of rotatable bonds is 2. The lowest BCUT2D eigenvalue weighted by Crippen LogP contribution is -2.51. The molecule has 0 aliphatic carbocycles. The van der Waals surface area contributed by atoms with Crippen LogP contribution in [0.25, 0.3) is 0 Å². The molecule has 0 saturated carbocycles. The van der Waals surface area contributed by atoms with Gasteiger partial charge in [0.05, 0.1) is 12.2 Å². The van der Waals surface area contributed by atoms with Crippen molar-refractivity contribution in [1.82, 2.24) is 4.90 Å². The summed E-state index contributed by atoms with van der Waals surface area (Å²) < 4.78 is 5.51. The molecule has 1 saturated heterocycles. The third-order valence-electron chi connectivity index (χ3n) is 2.35. The minimum atomic E-state index is -0.763. The maximum Gasteiger partial charge on any atom is 0.320 e. The van der Waals surface area contributed by atoms with Gasteiger partial charge in [-0.15, -0.1) is 0 Å². The molecule has 76 valence electrons. The maximum atomic E-state index is 10.7. The highest BCUT2D eigenvalue weighted by atomic mass is 16.5. The zero-order chi connectivity index (χ0) is 10.0. The van der Waals surface area contributed by atoms with Gasteiger partial charge in [0.1, 0.15) is 6.04 Å². The van der Waals surface area contributed by atoms with Crippen molar-refractivity contribution in [2.75, 3.05) is 13.1 Å². The van der Waals surface area contributed by atoms with Crippen LogP contribution >= 0.6 is 0 Å². The highest BCUT2D eigenvalue weighted by Crippen LogP contribution is 2.13. The van der Waals surface area contributed by atoms with Gasteiger partial charge >= 0.3 is 5.97 Å². The van der Waals surface area contributed by atoms with Gasteiger partial charge in [-0.2, -0.15) is 0 Å². The number of morpholine rings is 1. The molecule has 4 heteroatoms. The Morgan fingerprint density at radius 2 is 1.92 bits per heavy atom. The molecule has 0 aromatic rings. The number of carboxylic acids is 1. The van der Waals surface area contributed by atoms with Crippen LogP contribution in [0.5, 0.6) is 0 Å². The van der Waals surface area contributed by atoms with E-state index >= 15 is 0 Å². The smallest absolute Gasteiger partial charge is 0.320 e. The number of ether oxygens (including phenoxy) is 1. The summed E-state index contributed by atoms with van der Waals surface area (Å²) in [4.78, 5) is 12.7. The quantitative estimate of drug-likeness (QED) is 0.686. The van der Waals surface area contributed by atoms with Gasteiger partial charge in [-0.05, 0) is 20.8 Å². The molecule has 1 fully saturated rings. The fourth-order valence-corrected chi connectivity index (χ4v) is 1.69. The molecule has 0 aromatic heterocycles. The third kappa shape index (κ3) is 2.67. The van der Waals surface area contributed by atoms with Crippen LogP contribution in [-0.2, 0) is 9.53 Å². The monoisotopic (exact) mass is 187 g/mol. The van der Waals surface area contributed by atoms with Crippen LogP contribution in [0.1, 0.15) is 20.8 Å². The number of hydrogen-bond acceptors (Lipinski definition) is 3. The molecule has 13 heavy (non-hydrogen) atoms. The van der Waals surface area contributed by atoms with Crippen LogP contribution in [-0.4, -0.2) is 47.3 Å². The van der Waals surface area contributed by atoms with Gasteiger partial charge < -0.3 is 9.84 Å². The summed E-state index contributed by atoms with van der Waals surface area (Å²) >= 11 is 0. The molecule has 1 rings (SSSR count). The van der Waals surface area contributed by atoms with E-state index in [1.165, 1.54) is 0 Å². The molecule has 0 aromatic carbocycles. The van der Waals surface area contributed by atoms with Crippen LogP contribution in [0.4, 0.5) is 0 Å². The van der Waals surface area contributed by atoms with Gasteiger partial charge in [0, 0.05) is 13.1 Å². The maximum absolute atomic E-state index is 10.7. The highest BCUT2D eigenvalue weighted by Gasteiger charge is 2.28. The molecule has 0 radical (unpaired) electrons. The molecule has 1 N–H and O–H groups in total. The zero-order valence-corrected chi connectivity index (χ0v) is 8.36. The first-order valence-corrected chi connectivity index (χ1v) is 4.63. The van der Waals surface area contributed by atoms with E-state index in [4.69, 9.17) is 9.84 Å². The summed E-state index contributed by atoms with van der Waals surface area (Å²) in [6.07, 6.45) is 0.260. The third-order valence-corrected chi connectivity index (χ3v) is 2.35. The van der Waals surface area contributed by atoms with Crippen molar-refractivity contribution in [3.8, 4) is 0 Å². The summed E-state index contributed by atoms with van der Waals surface area (Å²) in [5.74, 6) is -0.763. The normalized spacial score (nSPS) is 32.8. The minimum Gasteiger partial charge on any atom is -0.480 e. The average Bonchev–Trinajstić information content (AvgIpc) is 2.01. The standard InChI is InChI=1S/C9H17NO3/c1-6-4-10(5-7(2)13-6)8(3)9(11)12/h6-8H,4-5H2,1-3H3,(H,11,12). The van der Waals surface area contributed by atoms with E-state index in [-0.39, 0.29) is 12.2 Å². The minimum absolute atomic E-state index is 0.130. The van der Waals surface area contributed by atoms with E-state index in [0.29, 0.717) is 13.1 Å². The van der Waals surface area contributed by atoms with Crippen molar-refractivity contribution in [3.05, 3.63) is 0 Å². The summed E-state index contributed by atoms with van der Waals surface area (Å²) in [7, 11) is 0. The van der Waals surface area contributed by atoms with Gasteiger partial charge in [0.15, 0.2) is 0 Å². The van der Waals surface area contributed by atoms with Crippen molar-refractivity contribution in [1.29, 1.82) is 0 Å². The molecule has 3 unspecified atom stereocenters. The Bertz CT molecular complexity index is 185. The lowest BCUT2D eigenvalue weighted by atomic mass is 10.2. The largest absolute Gasteiger partial charge is 0.480 e. The summed E-state index contributed by atoms with van der Waals surface area (Å²) in [5, 5.41) is 8.82. The summed E-state index contributed by atoms with van der Waals surface area (Å²) in [6, 6.07) is -0.409. The Hall–Kier alpha value is -0.610. The molecular formula is C9H17NO3. The lowest BCUT2D eigenvalue weighted by molar-refractivity contribution is -0.147. The van der Waals surface area contributed by atoms with E-state index in [9.17, 15) is 4.79 Å². The molecule has 0 bridgehead atoms. The van der Waals surface area contributed by atoms with Gasteiger partial charge in [-0.3, -0.25) is 9.69 Å². The van der Waals surface area contributed by atoms with Crippen LogP contribution < -0.4 is 0 Å². The highest BCUT2D eigenvalue weighted by molar-refractivity contribution is 5.72. The summed E-state index contributed by atoms with van der Waals surface area (Å²) in [6.45, 7) is 7.07. The van der Waals surface area contributed by atoms with E-state index in [0.717, 1.165) is 0 Å². The van der Waals surface area contributed by atoms with Crippen molar-refractivity contribution in [3.63, 3.8) is 0 Å². The van der Waals surface area contributed by atoms with Crippen LogP contribution in [0.3, 0.4) is 0 Å². The Balaban J connectivity index is 2.54. The van der Waals surface area contributed by atoms with Gasteiger partial charge in [-0.25, -0.2) is 0 Å². The second-order valence-corrected chi connectivity index (χ2v) is 3.73. The molecule has 4 nitrogen and oxygen atoms in total. The molecule has 1 aliphatic rings. The SMILES string of the molecule is CC1CN(C(C)C(=O)O)CC(C)O1. The van der Waals surface area contributed by atoms with Gasteiger partial charge in [-0.1, -0.05) is 0 Å². The first-order chi connectivity index (χ1) is 6.00. The lowest BCUT2D eigenvalue weighted by Gasteiger charge is -2.37. The number of hydrogen-bond donors (Lipinski definition) is 1. The fraction of sp³-hybridized carbons (Fsp3) is 0.889. The van der Waals surface area contributed by atoms with Crippen LogP contribution in [0.15, 0.2) is 0 Å². The molecule has 1 aliphatic heterocycles. The molecule has 0 spiro atoms. The zero-order valence-electron chi connectivity index (χ0n) is 8.36. The topological polar surface area (TPSA) is 49.8 Å².